The summed E-state index contributed by atoms with van der Waals surface area (Å²) in [5.41, 5.74) is 0.800. The summed E-state index contributed by atoms with van der Waals surface area (Å²) in [5.74, 6) is -0.746. The molecule has 1 saturated heterocycles. The maximum Gasteiger partial charge on any atom is 0.281 e. The number of piperazine rings is 1. The fraction of sp³-hybridized carbons (Fsp3) is 0.500. The van der Waals surface area contributed by atoms with Crippen LogP contribution in [-0.4, -0.2) is 91.4 Å². The maximum atomic E-state index is 12.4. The van der Waals surface area contributed by atoms with Crippen LogP contribution in [0.4, 0.5) is 0 Å². The van der Waals surface area contributed by atoms with Crippen LogP contribution in [0, 0.1) is 0 Å². The molecule has 0 radical (unpaired) electrons. The molecule has 0 aromatic heterocycles. The molecule has 28 heavy (non-hydrogen) atoms. The van der Waals surface area contributed by atoms with Crippen molar-refractivity contribution in [3.8, 4) is 0 Å². The lowest BCUT2D eigenvalue weighted by atomic mass is 10.1. The predicted octanol–water partition coefficient (Wildman–Crippen LogP) is 0.0134. The van der Waals surface area contributed by atoms with E-state index in [1.165, 1.54) is 23.3 Å². The highest BCUT2D eigenvalue weighted by atomic mass is 32.2. The summed E-state index contributed by atoms with van der Waals surface area (Å²) in [4.78, 5) is 39.8. The van der Waals surface area contributed by atoms with Crippen molar-refractivity contribution in [3.05, 3.63) is 35.4 Å². The van der Waals surface area contributed by atoms with Crippen LogP contribution < -0.4 is 0 Å². The van der Waals surface area contributed by atoms with E-state index in [2.05, 4.69) is 0 Å². The monoisotopic (exact) mass is 408 g/mol. The van der Waals surface area contributed by atoms with Gasteiger partial charge in [0.2, 0.25) is 5.91 Å². The summed E-state index contributed by atoms with van der Waals surface area (Å²) in [6, 6.07) is 6.68. The van der Waals surface area contributed by atoms with E-state index in [-0.39, 0.29) is 43.8 Å². The third-order valence-electron chi connectivity index (χ3n) is 5.03. The lowest BCUT2D eigenvalue weighted by molar-refractivity contribution is -0.132. The van der Waals surface area contributed by atoms with E-state index in [1.807, 2.05) is 0 Å². The number of nitrogens with zero attached hydrogens (tertiary/aromatic N) is 4. The SMILES string of the molecule is CN(C)S(=O)(=O)N1CCN(C(=O)CCCN2C(=O)c3ccccc3C2=O)CC1. The van der Waals surface area contributed by atoms with Gasteiger partial charge in [-0.25, -0.2) is 0 Å². The highest BCUT2D eigenvalue weighted by molar-refractivity contribution is 7.86. The van der Waals surface area contributed by atoms with E-state index in [1.54, 1.807) is 29.2 Å². The number of carbonyl (C=O) groups excluding carboxylic acids is 3. The van der Waals surface area contributed by atoms with Gasteiger partial charge in [-0.15, -0.1) is 0 Å². The minimum Gasteiger partial charge on any atom is -0.340 e. The Labute approximate surface area is 164 Å². The molecule has 152 valence electrons. The molecule has 0 spiro atoms. The Morgan fingerprint density at radius 3 is 2.04 bits per heavy atom. The number of fused-ring (bicyclic) bond motifs is 1. The summed E-state index contributed by atoms with van der Waals surface area (Å²) in [5, 5.41) is 0. The molecule has 2 aliphatic rings. The molecule has 0 unspecified atom stereocenters. The van der Waals surface area contributed by atoms with Crippen molar-refractivity contribution in [3.63, 3.8) is 0 Å². The van der Waals surface area contributed by atoms with Crippen LogP contribution in [0.1, 0.15) is 33.6 Å². The number of hydrogen-bond donors (Lipinski definition) is 0. The van der Waals surface area contributed by atoms with Gasteiger partial charge in [0, 0.05) is 53.2 Å². The van der Waals surface area contributed by atoms with Crippen molar-refractivity contribution in [2.45, 2.75) is 12.8 Å². The first-order chi connectivity index (χ1) is 13.2. The first-order valence-electron chi connectivity index (χ1n) is 9.14. The number of carbonyl (C=O) groups is 3. The van der Waals surface area contributed by atoms with Gasteiger partial charge in [-0.1, -0.05) is 12.1 Å². The highest BCUT2D eigenvalue weighted by Gasteiger charge is 2.35. The fourth-order valence-electron chi connectivity index (χ4n) is 3.39. The first-order valence-corrected chi connectivity index (χ1v) is 10.5. The number of hydrogen-bond acceptors (Lipinski definition) is 5. The van der Waals surface area contributed by atoms with Crippen LogP contribution in [0.5, 0.6) is 0 Å². The largest absolute Gasteiger partial charge is 0.340 e. The third kappa shape index (κ3) is 3.80. The van der Waals surface area contributed by atoms with Gasteiger partial charge in [-0.2, -0.15) is 17.0 Å². The second-order valence-electron chi connectivity index (χ2n) is 6.98. The molecule has 0 N–H and O–H groups in total. The Morgan fingerprint density at radius 2 is 1.54 bits per heavy atom. The zero-order valence-corrected chi connectivity index (χ0v) is 16.8. The summed E-state index contributed by atoms with van der Waals surface area (Å²) in [6.07, 6.45) is 0.578. The van der Waals surface area contributed by atoms with Crippen LogP contribution in [0.25, 0.3) is 0 Å². The molecule has 10 heteroatoms. The predicted molar refractivity (Wildman–Crippen MR) is 102 cm³/mol. The van der Waals surface area contributed by atoms with Gasteiger partial charge in [0.05, 0.1) is 11.1 Å². The van der Waals surface area contributed by atoms with Crippen LogP contribution in [0.15, 0.2) is 24.3 Å². The Hall–Kier alpha value is -2.30. The molecule has 0 aliphatic carbocycles. The van der Waals surface area contributed by atoms with E-state index in [4.69, 9.17) is 0 Å². The van der Waals surface area contributed by atoms with Crippen LogP contribution in [0.3, 0.4) is 0 Å². The molecule has 1 fully saturated rings. The zero-order chi connectivity index (χ0) is 20.5. The molecular weight excluding hydrogens is 384 g/mol. The molecule has 3 rings (SSSR count). The lowest BCUT2D eigenvalue weighted by Crippen LogP contribution is -2.53. The molecule has 0 atom stereocenters. The smallest absolute Gasteiger partial charge is 0.281 e. The Morgan fingerprint density at radius 1 is 1.00 bits per heavy atom. The van der Waals surface area contributed by atoms with Crippen molar-refractivity contribution < 1.29 is 22.8 Å². The molecule has 1 aromatic carbocycles. The number of imide groups is 1. The molecule has 2 heterocycles. The van der Waals surface area contributed by atoms with Crippen molar-refractivity contribution in [2.24, 2.45) is 0 Å². The average molecular weight is 408 g/mol. The van der Waals surface area contributed by atoms with E-state index in [9.17, 15) is 22.8 Å². The van der Waals surface area contributed by atoms with Crippen LogP contribution in [-0.2, 0) is 15.0 Å². The third-order valence-corrected chi connectivity index (χ3v) is 6.97. The van der Waals surface area contributed by atoms with Crippen molar-refractivity contribution in [1.82, 2.24) is 18.4 Å². The van der Waals surface area contributed by atoms with E-state index >= 15 is 0 Å². The average Bonchev–Trinajstić information content (AvgIpc) is 2.93. The second kappa shape index (κ2) is 7.98. The number of benzene rings is 1. The Balaban J connectivity index is 1.47. The molecule has 0 bridgehead atoms. The summed E-state index contributed by atoms with van der Waals surface area (Å²) < 4.78 is 26.7. The first kappa shape index (κ1) is 20.4. The van der Waals surface area contributed by atoms with Gasteiger partial charge in [0.25, 0.3) is 22.0 Å². The van der Waals surface area contributed by atoms with Crippen LogP contribution >= 0.6 is 0 Å². The van der Waals surface area contributed by atoms with Gasteiger partial charge < -0.3 is 4.90 Å². The van der Waals surface area contributed by atoms with Gasteiger partial charge >= 0.3 is 0 Å². The standard InChI is InChI=1S/C18H24N4O5S/c1-19(2)28(26,27)21-12-10-20(11-13-21)16(23)8-5-9-22-17(24)14-6-3-4-7-15(14)18(22)25/h3-4,6-7H,5,8-13H2,1-2H3. The van der Waals surface area contributed by atoms with Gasteiger partial charge in [0.1, 0.15) is 0 Å². The second-order valence-corrected chi connectivity index (χ2v) is 9.12. The van der Waals surface area contributed by atoms with Gasteiger partial charge in [-0.3, -0.25) is 19.3 Å². The molecular formula is C18H24N4O5S. The molecule has 2 aliphatic heterocycles. The van der Waals surface area contributed by atoms with Crippen LogP contribution in [0.2, 0.25) is 0 Å². The summed E-state index contributed by atoms with van der Waals surface area (Å²) in [7, 11) is -0.512. The quantitative estimate of drug-likeness (QED) is 0.618. The molecule has 3 amide bonds. The molecule has 1 aromatic rings. The molecule has 0 saturated carbocycles. The minimum absolute atomic E-state index is 0.0986. The normalized spacial score (nSPS) is 18.1. The number of rotatable bonds is 6. The zero-order valence-electron chi connectivity index (χ0n) is 16.0. The Bertz CT molecular complexity index is 856. The lowest BCUT2D eigenvalue weighted by Gasteiger charge is -2.35. The minimum atomic E-state index is -3.47. The summed E-state index contributed by atoms with van der Waals surface area (Å²) >= 11 is 0. The van der Waals surface area contributed by atoms with E-state index < -0.39 is 10.2 Å². The van der Waals surface area contributed by atoms with Crippen molar-refractivity contribution in [2.75, 3.05) is 46.8 Å². The van der Waals surface area contributed by atoms with Gasteiger partial charge in [0.15, 0.2) is 0 Å². The molecule has 9 nitrogen and oxygen atoms in total. The van der Waals surface area contributed by atoms with Crippen molar-refractivity contribution in [1.29, 1.82) is 0 Å². The fourth-order valence-corrected chi connectivity index (χ4v) is 4.47. The Kier molecular flexibility index (Phi) is 5.82. The summed E-state index contributed by atoms with van der Waals surface area (Å²) in [6.45, 7) is 1.36. The van der Waals surface area contributed by atoms with Crippen molar-refractivity contribution >= 4 is 27.9 Å². The van der Waals surface area contributed by atoms with Gasteiger partial charge in [-0.05, 0) is 18.6 Å². The van der Waals surface area contributed by atoms with E-state index in [0.29, 0.717) is 30.6 Å². The highest BCUT2D eigenvalue weighted by Crippen LogP contribution is 2.22. The maximum absolute atomic E-state index is 12.4. The van der Waals surface area contributed by atoms with E-state index in [0.717, 1.165) is 4.31 Å². The topological polar surface area (TPSA) is 98.3 Å². The number of amides is 3.